The van der Waals surface area contributed by atoms with E-state index in [2.05, 4.69) is 29.6 Å². The SMILES string of the molecule is CNc1ccc(Cl)cc1C(=O)N(CCc1ccc(Cl)cc1)Cc1ccc(C2(OC)CC2)cc1. The van der Waals surface area contributed by atoms with Crippen LogP contribution in [0.15, 0.2) is 66.7 Å². The van der Waals surface area contributed by atoms with Gasteiger partial charge in [0.15, 0.2) is 0 Å². The number of ether oxygens (including phenoxy) is 1. The first-order valence-corrected chi connectivity index (χ1v) is 11.9. The summed E-state index contributed by atoms with van der Waals surface area (Å²) < 4.78 is 5.69. The highest BCUT2D eigenvalue weighted by atomic mass is 35.5. The highest BCUT2D eigenvalue weighted by Gasteiger charge is 2.44. The average Bonchev–Trinajstić information content (AvgIpc) is 3.64. The Labute approximate surface area is 205 Å². The van der Waals surface area contributed by atoms with Gasteiger partial charge in [0.05, 0.1) is 11.2 Å². The molecule has 3 aromatic carbocycles. The van der Waals surface area contributed by atoms with Crippen molar-refractivity contribution >= 4 is 34.8 Å². The molecule has 1 amide bonds. The van der Waals surface area contributed by atoms with Crippen molar-refractivity contribution in [3.8, 4) is 0 Å². The van der Waals surface area contributed by atoms with Gasteiger partial charge in [-0.25, -0.2) is 0 Å². The molecule has 4 rings (SSSR count). The van der Waals surface area contributed by atoms with E-state index in [4.69, 9.17) is 27.9 Å². The Bertz CT molecular complexity index is 1110. The molecule has 172 valence electrons. The van der Waals surface area contributed by atoms with Crippen LogP contribution >= 0.6 is 23.2 Å². The van der Waals surface area contributed by atoms with Crippen molar-refractivity contribution in [1.82, 2.24) is 4.90 Å². The molecular formula is C27H28Cl2N2O2. The molecule has 1 fully saturated rings. The maximum Gasteiger partial charge on any atom is 0.256 e. The number of halogens is 2. The number of methoxy groups -OCH3 is 1. The van der Waals surface area contributed by atoms with Crippen LogP contribution in [0.4, 0.5) is 5.69 Å². The summed E-state index contributed by atoms with van der Waals surface area (Å²) in [6, 6.07) is 21.5. The van der Waals surface area contributed by atoms with Gasteiger partial charge in [0, 0.05) is 43.0 Å². The van der Waals surface area contributed by atoms with E-state index >= 15 is 0 Å². The van der Waals surface area contributed by atoms with Crippen LogP contribution in [-0.2, 0) is 23.3 Å². The molecule has 0 unspecified atom stereocenters. The van der Waals surface area contributed by atoms with Crippen LogP contribution in [0.2, 0.25) is 10.0 Å². The first kappa shape index (κ1) is 23.6. The van der Waals surface area contributed by atoms with Crippen LogP contribution in [-0.4, -0.2) is 31.5 Å². The number of nitrogens with one attached hydrogen (secondary N) is 1. The topological polar surface area (TPSA) is 41.6 Å². The lowest BCUT2D eigenvalue weighted by molar-refractivity contribution is 0.0744. The van der Waals surface area contributed by atoms with Gasteiger partial charge in [0.2, 0.25) is 0 Å². The van der Waals surface area contributed by atoms with Crippen molar-refractivity contribution in [3.63, 3.8) is 0 Å². The zero-order chi connectivity index (χ0) is 23.4. The minimum absolute atomic E-state index is 0.0598. The summed E-state index contributed by atoms with van der Waals surface area (Å²) in [6.45, 7) is 1.07. The summed E-state index contributed by atoms with van der Waals surface area (Å²) in [5.74, 6) is -0.0598. The molecule has 33 heavy (non-hydrogen) atoms. The van der Waals surface area contributed by atoms with E-state index < -0.39 is 0 Å². The summed E-state index contributed by atoms with van der Waals surface area (Å²) in [5.41, 5.74) is 4.60. The third-order valence-electron chi connectivity index (χ3n) is 6.30. The summed E-state index contributed by atoms with van der Waals surface area (Å²) in [4.78, 5) is 15.5. The molecular weight excluding hydrogens is 455 g/mol. The quantitative estimate of drug-likeness (QED) is 0.375. The first-order chi connectivity index (χ1) is 15.9. The van der Waals surface area contributed by atoms with Gasteiger partial charge in [0.25, 0.3) is 5.91 Å². The van der Waals surface area contributed by atoms with Crippen LogP contribution in [0, 0.1) is 0 Å². The zero-order valence-corrected chi connectivity index (χ0v) is 20.4. The minimum Gasteiger partial charge on any atom is -0.387 e. The second kappa shape index (κ2) is 10.2. The van der Waals surface area contributed by atoms with E-state index in [1.807, 2.05) is 35.2 Å². The number of hydrogen-bond acceptors (Lipinski definition) is 3. The van der Waals surface area contributed by atoms with Crippen molar-refractivity contribution in [2.45, 2.75) is 31.4 Å². The molecule has 3 aromatic rings. The molecule has 0 bridgehead atoms. The molecule has 6 heteroatoms. The number of benzene rings is 3. The highest BCUT2D eigenvalue weighted by Crippen LogP contribution is 2.48. The number of anilines is 1. The fourth-order valence-electron chi connectivity index (χ4n) is 4.11. The van der Waals surface area contributed by atoms with Gasteiger partial charge in [-0.2, -0.15) is 0 Å². The molecule has 4 nitrogen and oxygen atoms in total. The van der Waals surface area contributed by atoms with Gasteiger partial charge in [-0.1, -0.05) is 59.6 Å². The zero-order valence-electron chi connectivity index (χ0n) is 18.9. The fraction of sp³-hybridized carbons (Fsp3) is 0.296. The van der Waals surface area contributed by atoms with Gasteiger partial charge < -0.3 is 15.0 Å². The molecule has 1 aliphatic rings. The summed E-state index contributed by atoms with van der Waals surface area (Å²) in [5, 5.41) is 4.34. The van der Waals surface area contributed by atoms with Crippen molar-refractivity contribution in [2.75, 3.05) is 26.0 Å². The second-order valence-electron chi connectivity index (χ2n) is 8.44. The number of hydrogen-bond donors (Lipinski definition) is 1. The molecule has 0 radical (unpaired) electrons. The minimum atomic E-state index is -0.120. The van der Waals surface area contributed by atoms with Crippen molar-refractivity contribution < 1.29 is 9.53 Å². The standard InChI is InChI=1S/C27H28Cl2N2O2/c1-30-25-12-11-23(29)17-24(25)26(32)31(16-13-19-5-9-22(28)10-6-19)18-20-3-7-21(8-4-20)27(33-2)14-15-27/h3-12,17,30H,13-16,18H2,1-2H3. The maximum absolute atomic E-state index is 13.6. The third kappa shape index (κ3) is 5.52. The van der Waals surface area contributed by atoms with Crippen LogP contribution in [0.25, 0.3) is 0 Å². The van der Waals surface area contributed by atoms with Crippen molar-refractivity contribution in [1.29, 1.82) is 0 Å². The fourth-order valence-corrected chi connectivity index (χ4v) is 4.41. The maximum atomic E-state index is 13.6. The molecule has 0 saturated heterocycles. The monoisotopic (exact) mass is 482 g/mol. The van der Waals surface area contributed by atoms with E-state index in [1.54, 1.807) is 26.3 Å². The lowest BCUT2D eigenvalue weighted by Gasteiger charge is -2.25. The number of amides is 1. The molecule has 0 heterocycles. The summed E-state index contributed by atoms with van der Waals surface area (Å²) in [6.07, 6.45) is 2.83. The molecule has 0 atom stereocenters. The van der Waals surface area contributed by atoms with Crippen LogP contribution in [0.1, 0.15) is 39.9 Å². The van der Waals surface area contributed by atoms with E-state index in [0.717, 1.165) is 36.1 Å². The lowest BCUT2D eigenvalue weighted by atomic mass is 10.0. The normalized spacial score (nSPS) is 14.1. The Kier molecular flexibility index (Phi) is 7.28. The van der Waals surface area contributed by atoms with Crippen LogP contribution in [0.3, 0.4) is 0 Å². The van der Waals surface area contributed by atoms with Gasteiger partial charge in [-0.05, 0) is 66.3 Å². The smallest absolute Gasteiger partial charge is 0.256 e. The average molecular weight is 483 g/mol. The number of carbonyl (C=O) groups excluding carboxylic acids is 1. The number of rotatable bonds is 9. The molecule has 1 aliphatic carbocycles. The van der Waals surface area contributed by atoms with Gasteiger partial charge >= 0.3 is 0 Å². The Morgan fingerprint density at radius 1 is 0.970 bits per heavy atom. The van der Waals surface area contributed by atoms with Gasteiger partial charge in [0.1, 0.15) is 0 Å². The van der Waals surface area contributed by atoms with Gasteiger partial charge in [-0.3, -0.25) is 4.79 Å². The molecule has 0 aliphatic heterocycles. The van der Waals surface area contributed by atoms with E-state index in [-0.39, 0.29) is 11.5 Å². The van der Waals surface area contributed by atoms with E-state index in [9.17, 15) is 4.79 Å². The Morgan fingerprint density at radius 2 is 1.61 bits per heavy atom. The van der Waals surface area contributed by atoms with Crippen molar-refractivity contribution in [2.24, 2.45) is 0 Å². The predicted molar refractivity (Wildman–Crippen MR) is 135 cm³/mol. The van der Waals surface area contributed by atoms with E-state index in [0.29, 0.717) is 28.7 Å². The largest absolute Gasteiger partial charge is 0.387 e. The highest BCUT2D eigenvalue weighted by molar-refractivity contribution is 6.31. The third-order valence-corrected chi connectivity index (χ3v) is 6.79. The summed E-state index contributed by atoms with van der Waals surface area (Å²) >= 11 is 12.3. The van der Waals surface area contributed by atoms with Crippen LogP contribution in [0.5, 0.6) is 0 Å². The van der Waals surface area contributed by atoms with E-state index in [1.165, 1.54) is 5.56 Å². The number of nitrogens with zero attached hydrogens (tertiary/aromatic N) is 1. The molecule has 1 saturated carbocycles. The Hall–Kier alpha value is -2.53. The Morgan fingerprint density at radius 3 is 2.21 bits per heavy atom. The number of carbonyl (C=O) groups is 1. The summed E-state index contributed by atoms with van der Waals surface area (Å²) in [7, 11) is 3.57. The Balaban J connectivity index is 1.57. The van der Waals surface area contributed by atoms with Gasteiger partial charge in [-0.15, -0.1) is 0 Å². The first-order valence-electron chi connectivity index (χ1n) is 11.1. The molecule has 0 spiro atoms. The van der Waals surface area contributed by atoms with Crippen molar-refractivity contribution in [3.05, 3.63) is 99.0 Å². The predicted octanol–water partition coefficient (Wildman–Crippen LogP) is 6.56. The van der Waals surface area contributed by atoms with Crippen LogP contribution < -0.4 is 5.32 Å². The molecule has 0 aromatic heterocycles. The molecule has 1 N–H and O–H groups in total. The lowest BCUT2D eigenvalue weighted by Crippen LogP contribution is -2.33. The second-order valence-corrected chi connectivity index (χ2v) is 9.31.